The highest BCUT2D eigenvalue weighted by Gasteiger charge is 2.29. The Kier molecular flexibility index (Phi) is 6.49. The van der Waals surface area contributed by atoms with Crippen molar-refractivity contribution in [3.63, 3.8) is 0 Å². The van der Waals surface area contributed by atoms with Crippen molar-refractivity contribution >= 4 is 12.1 Å². The van der Waals surface area contributed by atoms with E-state index in [0.717, 1.165) is 22.3 Å². The second kappa shape index (κ2) is 9.65. The number of rotatable bonds is 8. The molecule has 7 heteroatoms. The Labute approximate surface area is 191 Å². The fourth-order valence-corrected chi connectivity index (χ4v) is 4.27. The van der Waals surface area contributed by atoms with Crippen LogP contribution in [0, 0.1) is 0 Å². The summed E-state index contributed by atoms with van der Waals surface area (Å²) in [5.74, 6) is -0.472. The van der Waals surface area contributed by atoms with Crippen LogP contribution in [0.5, 0.6) is 11.5 Å². The number of aliphatic carboxylic acids is 1. The molecule has 1 aliphatic rings. The van der Waals surface area contributed by atoms with E-state index < -0.39 is 24.5 Å². The number of hydrogen-bond acceptors (Lipinski definition) is 6. The minimum absolute atomic E-state index is 0.0937. The van der Waals surface area contributed by atoms with Crippen LogP contribution < -0.4 is 19.9 Å². The highest BCUT2D eigenvalue weighted by molar-refractivity contribution is 5.79. The predicted molar refractivity (Wildman–Crippen MR) is 120 cm³/mol. The number of benzene rings is 3. The molecule has 7 nitrogen and oxygen atoms in total. The number of carboxylic acid groups (broad SMARTS) is 1. The van der Waals surface area contributed by atoms with Crippen LogP contribution in [0.15, 0.2) is 66.7 Å². The second-order valence-corrected chi connectivity index (χ2v) is 7.71. The summed E-state index contributed by atoms with van der Waals surface area (Å²) in [4.78, 5) is 24.0. The van der Waals surface area contributed by atoms with Crippen LogP contribution in [0.3, 0.4) is 0 Å². The van der Waals surface area contributed by atoms with Gasteiger partial charge in [0.2, 0.25) is 0 Å². The quantitative estimate of drug-likeness (QED) is 0.570. The van der Waals surface area contributed by atoms with Crippen LogP contribution in [0.1, 0.15) is 35.1 Å². The number of carbonyl (C=O) groups is 2. The third kappa shape index (κ3) is 4.62. The molecule has 1 aliphatic carbocycles. The zero-order valence-corrected chi connectivity index (χ0v) is 18.4. The monoisotopic (exact) mass is 446 g/mol. The molecule has 0 bridgehead atoms. The van der Waals surface area contributed by atoms with Gasteiger partial charge in [0.25, 0.3) is 0 Å². The summed E-state index contributed by atoms with van der Waals surface area (Å²) in [6.45, 7) is 0.129. The lowest BCUT2D eigenvalue weighted by atomic mass is 9.98. The fourth-order valence-electron chi connectivity index (χ4n) is 4.27. The van der Waals surface area contributed by atoms with Crippen LogP contribution in [0.25, 0.3) is 11.1 Å². The largest absolute Gasteiger partial charge is 0.550 e. The number of hydrogen-bond donors (Lipinski definition) is 1. The molecular weight excluding hydrogens is 422 g/mol. The number of carboxylic acids is 1. The van der Waals surface area contributed by atoms with Crippen molar-refractivity contribution in [3.05, 3.63) is 83.4 Å². The molecule has 1 amide bonds. The smallest absolute Gasteiger partial charge is 0.407 e. The maximum atomic E-state index is 12.7. The normalized spacial score (nSPS) is 12.9. The Morgan fingerprint density at radius 3 is 2.09 bits per heavy atom. The summed E-state index contributed by atoms with van der Waals surface area (Å²) in [5.41, 5.74) is 4.98. The molecule has 33 heavy (non-hydrogen) atoms. The number of nitrogens with one attached hydrogen (secondary N) is 1. The summed E-state index contributed by atoms with van der Waals surface area (Å²) >= 11 is 0. The van der Waals surface area contributed by atoms with E-state index >= 15 is 0 Å². The van der Waals surface area contributed by atoms with Gasteiger partial charge in [-0.1, -0.05) is 54.6 Å². The van der Waals surface area contributed by atoms with Gasteiger partial charge in [-0.2, -0.15) is 0 Å². The predicted octanol–water partition coefficient (Wildman–Crippen LogP) is 3.42. The van der Waals surface area contributed by atoms with Gasteiger partial charge in [0.15, 0.2) is 11.5 Å². The van der Waals surface area contributed by atoms with Crippen LogP contribution in [-0.4, -0.2) is 32.9 Å². The van der Waals surface area contributed by atoms with E-state index in [1.807, 2.05) is 36.4 Å². The van der Waals surface area contributed by atoms with Gasteiger partial charge in [-0.05, 0) is 39.9 Å². The van der Waals surface area contributed by atoms with Crippen molar-refractivity contribution in [1.29, 1.82) is 0 Å². The molecule has 0 spiro atoms. The van der Waals surface area contributed by atoms with E-state index in [9.17, 15) is 14.7 Å². The van der Waals surface area contributed by atoms with Gasteiger partial charge in [0.1, 0.15) is 6.61 Å². The molecule has 0 fully saturated rings. The van der Waals surface area contributed by atoms with E-state index in [1.165, 1.54) is 14.2 Å². The van der Waals surface area contributed by atoms with Crippen molar-refractivity contribution in [3.8, 4) is 22.6 Å². The molecule has 1 atom stereocenters. The van der Waals surface area contributed by atoms with Crippen LogP contribution in [-0.2, 0) is 9.53 Å². The average molecular weight is 446 g/mol. The second-order valence-electron chi connectivity index (χ2n) is 7.71. The first kappa shape index (κ1) is 22.2. The zero-order valence-electron chi connectivity index (χ0n) is 18.4. The molecule has 0 heterocycles. The fraction of sp³-hybridized carbons (Fsp3) is 0.231. The summed E-state index contributed by atoms with van der Waals surface area (Å²) in [7, 11) is 2.99. The standard InChI is InChI=1S/C26H25NO6/c1-31-23-12-11-16(13-24(23)32-2)22(14-25(28)29)27-26(30)33-15-21-19-9-5-3-7-17(19)18-8-4-6-10-20(18)21/h3-13,21-22H,14-15H2,1-2H3,(H,27,30)(H,28,29)/p-1/t22-/m1/s1. The summed E-state index contributed by atoms with van der Waals surface area (Å²) in [6.07, 6.45) is -1.13. The average Bonchev–Trinajstić information content (AvgIpc) is 3.15. The lowest BCUT2D eigenvalue weighted by Crippen LogP contribution is -2.35. The van der Waals surface area contributed by atoms with Crippen molar-refractivity contribution in [2.45, 2.75) is 18.4 Å². The molecule has 3 aromatic carbocycles. The highest BCUT2D eigenvalue weighted by Crippen LogP contribution is 2.44. The Bertz CT molecular complexity index is 1130. The van der Waals surface area contributed by atoms with Crippen molar-refractivity contribution in [2.24, 2.45) is 0 Å². The van der Waals surface area contributed by atoms with Crippen LogP contribution in [0.4, 0.5) is 4.79 Å². The SMILES string of the molecule is COc1ccc([C@@H](CC(=O)[O-])NC(=O)OCC2c3ccccc3-c3ccccc32)cc1OC. The first-order valence-corrected chi connectivity index (χ1v) is 10.5. The minimum atomic E-state index is -1.30. The lowest BCUT2D eigenvalue weighted by molar-refractivity contribution is -0.306. The topological polar surface area (TPSA) is 96.9 Å². The Hall–Kier alpha value is -4.00. The Morgan fingerprint density at radius 2 is 1.52 bits per heavy atom. The molecule has 3 aromatic rings. The lowest BCUT2D eigenvalue weighted by Gasteiger charge is -2.21. The van der Waals surface area contributed by atoms with Gasteiger partial charge >= 0.3 is 6.09 Å². The molecule has 1 N–H and O–H groups in total. The first-order valence-electron chi connectivity index (χ1n) is 10.5. The van der Waals surface area contributed by atoms with Gasteiger partial charge in [0, 0.05) is 18.3 Å². The molecule has 0 aliphatic heterocycles. The maximum Gasteiger partial charge on any atom is 0.407 e. The molecule has 170 valence electrons. The first-order chi connectivity index (χ1) is 16.0. The van der Waals surface area contributed by atoms with Crippen LogP contribution >= 0.6 is 0 Å². The number of amides is 1. The van der Waals surface area contributed by atoms with Gasteiger partial charge < -0.3 is 29.4 Å². The summed E-state index contributed by atoms with van der Waals surface area (Å²) in [6, 6.07) is 20.2. The molecule has 0 aromatic heterocycles. The maximum absolute atomic E-state index is 12.7. The number of fused-ring (bicyclic) bond motifs is 3. The Morgan fingerprint density at radius 1 is 0.909 bits per heavy atom. The van der Waals surface area contributed by atoms with E-state index in [-0.39, 0.29) is 12.5 Å². The summed E-state index contributed by atoms with van der Waals surface area (Å²) in [5, 5.41) is 14.0. The molecule has 0 saturated carbocycles. The molecular formula is C26H24NO6-. The van der Waals surface area contributed by atoms with Gasteiger partial charge in [-0.15, -0.1) is 0 Å². The number of ether oxygens (including phenoxy) is 3. The third-order valence-electron chi connectivity index (χ3n) is 5.82. The van der Waals surface area contributed by atoms with E-state index in [0.29, 0.717) is 17.1 Å². The molecule has 0 unspecified atom stereocenters. The van der Waals surface area contributed by atoms with Gasteiger partial charge in [-0.3, -0.25) is 0 Å². The molecule has 4 rings (SSSR count). The molecule has 0 radical (unpaired) electrons. The van der Waals surface area contributed by atoms with Gasteiger partial charge in [0.05, 0.1) is 20.3 Å². The van der Waals surface area contributed by atoms with Crippen molar-refractivity contribution in [1.82, 2.24) is 5.32 Å². The van der Waals surface area contributed by atoms with E-state index in [4.69, 9.17) is 14.2 Å². The van der Waals surface area contributed by atoms with Crippen LogP contribution in [0.2, 0.25) is 0 Å². The Balaban J connectivity index is 1.49. The van der Waals surface area contributed by atoms with Crippen molar-refractivity contribution in [2.75, 3.05) is 20.8 Å². The third-order valence-corrected chi connectivity index (χ3v) is 5.82. The van der Waals surface area contributed by atoms with Crippen molar-refractivity contribution < 1.29 is 28.9 Å². The van der Waals surface area contributed by atoms with Gasteiger partial charge in [-0.25, -0.2) is 4.79 Å². The van der Waals surface area contributed by atoms with E-state index in [1.54, 1.807) is 18.2 Å². The minimum Gasteiger partial charge on any atom is -0.550 e. The highest BCUT2D eigenvalue weighted by atomic mass is 16.5. The number of alkyl carbamates (subject to hydrolysis) is 1. The number of methoxy groups -OCH3 is 2. The zero-order chi connectivity index (χ0) is 23.4. The number of carbonyl (C=O) groups excluding carboxylic acids is 2. The molecule has 0 saturated heterocycles. The summed E-state index contributed by atoms with van der Waals surface area (Å²) < 4.78 is 16.1. The van der Waals surface area contributed by atoms with E-state index in [2.05, 4.69) is 17.4 Å².